The lowest BCUT2D eigenvalue weighted by atomic mass is 9.98. The number of piperazine rings is 1. The minimum Gasteiger partial charge on any atom is -0.357 e. The fourth-order valence-corrected chi connectivity index (χ4v) is 5.53. The van der Waals surface area contributed by atoms with Crippen LogP contribution in [0.2, 0.25) is 0 Å². The molecular weight excluding hydrogens is 522 g/mol. The number of anilines is 2. The van der Waals surface area contributed by atoms with Crippen LogP contribution in [0.25, 0.3) is 11.1 Å². The topological polar surface area (TPSA) is 68.2 Å². The molecular formula is C35H35N5O2. The van der Waals surface area contributed by atoms with Crippen molar-refractivity contribution in [1.82, 2.24) is 9.80 Å². The van der Waals surface area contributed by atoms with E-state index in [1.165, 1.54) is 5.56 Å². The Morgan fingerprint density at radius 1 is 0.762 bits per heavy atom. The summed E-state index contributed by atoms with van der Waals surface area (Å²) in [4.78, 5) is 38.6. The number of amidine groups is 1. The van der Waals surface area contributed by atoms with Crippen LogP contribution in [-0.2, 0) is 0 Å². The minimum absolute atomic E-state index is 0.0835. The van der Waals surface area contributed by atoms with E-state index in [-0.39, 0.29) is 11.8 Å². The smallest absolute Gasteiger partial charge is 0.258 e. The molecule has 1 N–H and O–H groups in total. The molecule has 0 saturated carbocycles. The number of likely N-dealkylation sites (N-methyl/N-ethyl adjacent to an activating group) is 1. The van der Waals surface area contributed by atoms with E-state index >= 15 is 0 Å². The number of amides is 2. The second kappa shape index (κ2) is 12.0. The number of carbonyl (C=O) groups is 2. The highest BCUT2D eigenvalue weighted by Gasteiger charge is 2.26. The van der Waals surface area contributed by atoms with Gasteiger partial charge in [0.05, 0.1) is 11.4 Å². The maximum absolute atomic E-state index is 13.8. The van der Waals surface area contributed by atoms with Crippen molar-refractivity contribution in [3.8, 4) is 11.1 Å². The minimum atomic E-state index is -0.194. The molecule has 42 heavy (non-hydrogen) atoms. The Hall–Kier alpha value is -4.75. The Labute approximate surface area is 247 Å². The lowest BCUT2D eigenvalue weighted by molar-refractivity contribution is 0.0986. The van der Waals surface area contributed by atoms with Gasteiger partial charge in [-0.2, -0.15) is 0 Å². The van der Waals surface area contributed by atoms with Crippen molar-refractivity contribution in [2.75, 3.05) is 50.0 Å². The third-order valence-electron chi connectivity index (χ3n) is 8.02. The lowest BCUT2D eigenvalue weighted by Gasteiger charge is -2.34. The van der Waals surface area contributed by atoms with Crippen molar-refractivity contribution in [3.63, 3.8) is 0 Å². The van der Waals surface area contributed by atoms with Gasteiger partial charge in [-0.25, -0.2) is 4.99 Å². The van der Waals surface area contributed by atoms with Gasteiger partial charge < -0.3 is 20.0 Å². The molecule has 7 nitrogen and oxygen atoms in total. The Bertz CT molecular complexity index is 1620. The molecule has 1 fully saturated rings. The zero-order valence-corrected chi connectivity index (χ0v) is 24.1. The maximum Gasteiger partial charge on any atom is 0.258 e. The summed E-state index contributed by atoms with van der Waals surface area (Å²) < 4.78 is 0. The number of hydrogen-bond donors (Lipinski definition) is 1. The number of carbonyl (C=O) groups excluding carboxylic acids is 2. The second-order valence-corrected chi connectivity index (χ2v) is 11.0. The number of hydrogen-bond acceptors (Lipinski definition) is 5. The molecule has 212 valence electrons. The van der Waals surface area contributed by atoms with Gasteiger partial charge in [0.15, 0.2) is 0 Å². The van der Waals surface area contributed by atoms with Gasteiger partial charge in [0.25, 0.3) is 11.8 Å². The monoisotopic (exact) mass is 557 g/mol. The number of benzene rings is 4. The van der Waals surface area contributed by atoms with Crippen LogP contribution in [0.15, 0.2) is 102 Å². The van der Waals surface area contributed by atoms with E-state index in [9.17, 15) is 9.59 Å². The van der Waals surface area contributed by atoms with Gasteiger partial charge in [-0.1, -0.05) is 60.2 Å². The summed E-state index contributed by atoms with van der Waals surface area (Å²) in [5, 5.41) is 3.01. The molecule has 6 rings (SSSR count). The molecule has 2 aliphatic rings. The summed E-state index contributed by atoms with van der Waals surface area (Å²) in [7, 11) is 2.14. The standard InChI is InChI=1S/C35H35N5O2/c1-25-11-13-26(14-12-25)29-7-3-4-8-30(29)34(41)36-28-17-15-27(16-18-28)35(42)40-20-19-33(39-23-21-38(2)22-24-39)37-31-9-5-6-10-32(31)40/h3-18H,19-24H2,1-2H3,(H,36,41). The average molecular weight is 558 g/mol. The zero-order chi connectivity index (χ0) is 29.1. The van der Waals surface area contributed by atoms with E-state index in [2.05, 4.69) is 22.2 Å². The molecule has 0 bridgehead atoms. The van der Waals surface area contributed by atoms with Gasteiger partial charge in [-0.3, -0.25) is 9.59 Å². The summed E-state index contributed by atoms with van der Waals surface area (Å²) in [5.41, 5.74) is 6.45. The van der Waals surface area contributed by atoms with E-state index in [1.807, 2.05) is 84.6 Å². The first kappa shape index (κ1) is 27.4. The summed E-state index contributed by atoms with van der Waals surface area (Å²) in [6.07, 6.45) is 0.693. The van der Waals surface area contributed by atoms with Gasteiger partial charge in [0, 0.05) is 56.0 Å². The van der Waals surface area contributed by atoms with Crippen molar-refractivity contribution < 1.29 is 9.59 Å². The van der Waals surface area contributed by atoms with Crippen LogP contribution < -0.4 is 10.2 Å². The van der Waals surface area contributed by atoms with E-state index in [0.717, 1.165) is 54.5 Å². The van der Waals surface area contributed by atoms with Crippen LogP contribution in [0.5, 0.6) is 0 Å². The molecule has 0 aliphatic carbocycles. The predicted octanol–water partition coefficient (Wildman–Crippen LogP) is 6.24. The molecule has 0 radical (unpaired) electrons. The van der Waals surface area contributed by atoms with Crippen molar-refractivity contribution in [2.45, 2.75) is 13.3 Å². The summed E-state index contributed by atoms with van der Waals surface area (Å²) in [5.74, 6) is 0.759. The molecule has 0 unspecified atom stereocenters. The zero-order valence-electron chi connectivity index (χ0n) is 24.1. The van der Waals surface area contributed by atoms with Gasteiger partial charge in [0.2, 0.25) is 0 Å². The molecule has 2 aliphatic heterocycles. The highest BCUT2D eigenvalue weighted by molar-refractivity contribution is 6.10. The third-order valence-corrected chi connectivity index (χ3v) is 8.02. The number of aliphatic imine (C=N–C) groups is 1. The van der Waals surface area contributed by atoms with Gasteiger partial charge >= 0.3 is 0 Å². The highest BCUT2D eigenvalue weighted by atomic mass is 16.2. The molecule has 1 saturated heterocycles. The molecule has 7 heteroatoms. The molecule has 0 aromatic heterocycles. The fourth-order valence-electron chi connectivity index (χ4n) is 5.53. The van der Waals surface area contributed by atoms with Crippen LogP contribution in [0.3, 0.4) is 0 Å². The van der Waals surface area contributed by atoms with E-state index in [1.54, 1.807) is 24.3 Å². The molecule has 0 atom stereocenters. The summed E-state index contributed by atoms with van der Waals surface area (Å²) in [6, 6.07) is 30.7. The first-order valence-corrected chi connectivity index (χ1v) is 14.5. The molecule has 2 amide bonds. The maximum atomic E-state index is 13.8. The van der Waals surface area contributed by atoms with E-state index < -0.39 is 0 Å². The normalized spacial score (nSPS) is 15.4. The quantitative estimate of drug-likeness (QED) is 0.323. The fraction of sp³-hybridized carbons (Fsp3) is 0.229. The Morgan fingerprint density at radius 2 is 1.45 bits per heavy atom. The average Bonchev–Trinajstić information content (AvgIpc) is 3.22. The SMILES string of the molecule is Cc1ccc(-c2ccccc2C(=O)Nc2ccc(C(=O)N3CCC(N4CCN(C)CC4)=Nc4ccccc43)cc2)cc1. The predicted molar refractivity (Wildman–Crippen MR) is 170 cm³/mol. The van der Waals surface area contributed by atoms with Crippen LogP contribution in [0.4, 0.5) is 17.1 Å². The first-order valence-electron chi connectivity index (χ1n) is 14.5. The number of para-hydroxylation sites is 2. The van der Waals surface area contributed by atoms with Crippen LogP contribution >= 0.6 is 0 Å². The number of fused-ring (bicyclic) bond motifs is 1. The number of nitrogens with one attached hydrogen (secondary N) is 1. The van der Waals surface area contributed by atoms with Crippen LogP contribution in [0, 0.1) is 6.92 Å². The Morgan fingerprint density at radius 3 is 2.21 bits per heavy atom. The van der Waals surface area contributed by atoms with Crippen LogP contribution in [-0.4, -0.2) is 67.2 Å². The van der Waals surface area contributed by atoms with Gasteiger partial charge in [0.1, 0.15) is 5.84 Å². The van der Waals surface area contributed by atoms with Crippen molar-refractivity contribution in [2.24, 2.45) is 4.99 Å². The first-order chi connectivity index (χ1) is 20.5. The Balaban J connectivity index is 1.18. The van der Waals surface area contributed by atoms with E-state index in [0.29, 0.717) is 29.8 Å². The van der Waals surface area contributed by atoms with E-state index in [4.69, 9.17) is 4.99 Å². The summed E-state index contributed by atoms with van der Waals surface area (Å²) >= 11 is 0. The molecule has 2 heterocycles. The molecule has 4 aromatic rings. The third kappa shape index (κ3) is 5.83. The molecule has 0 spiro atoms. The number of aryl methyl sites for hydroxylation is 1. The van der Waals surface area contributed by atoms with Crippen molar-refractivity contribution in [3.05, 3.63) is 114 Å². The van der Waals surface area contributed by atoms with Crippen molar-refractivity contribution in [1.29, 1.82) is 0 Å². The summed E-state index contributed by atoms with van der Waals surface area (Å²) in [6.45, 7) is 6.48. The largest absolute Gasteiger partial charge is 0.357 e. The lowest BCUT2D eigenvalue weighted by Crippen LogP contribution is -2.47. The van der Waals surface area contributed by atoms with Gasteiger partial charge in [-0.05, 0) is 67.6 Å². The number of nitrogens with zero attached hydrogens (tertiary/aromatic N) is 4. The van der Waals surface area contributed by atoms with Crippen LogP contribution in [0.1, 0.15) is 32.7 Å². The number of rotatable bonds is 4. The second-order valence-electron chi connectivity index (χ2n) is 11.0. The van der Waals surface area contributed by atoms with Gasteiger partial charge in [-0.15, -0.1) is 0 Å². The Kier molecular flexibility index (Phi) is 7.84. The highest BCUT2D eigenvalue weighted by Crippen LogP contribution is 2.33. The van der Waals surface area contributed by atoms with Crippen molar-refractivity contribution >= 4 is 34.7 Å². The molecule has 4 aromatic carbocycles.